The Morgan fingerprint density at radius 3 is 2.93 bits per heavy atom. The fraction of sp³-hybridized carbons (Fsp3) is 0.667. The van der Waals surface area contributed by atoms with Gasteiger partial charge in [-0.25, -0.2) is 4.99 Å². The molecular formula is C18H30N8OS. The number of morpholine rings is 1. The highest BCUT2D eigenvalue weighted by Gasteiger charge is 2.25. The summed E-state index contributed by atoms with van der Waals surface area (Å²) in [5.41, 5.74) is 1.10. The van der Waals surface area contributed by atoms with Gasteiger partial charge in [-0.15, -0.1) is 10.2 Å². The van der Waals surface area contributed by atoms with Gasteiger partial charge in [-0.05, 0) is 25.4 Å². The maximum atomic E-state index is 5.98. The molecule has 1 aliphatic rings. The Morgan fingerprint density at radius 2 is 2.25 bits per heavy atom. The van der Waals surface area contributed by atoms with Crippen LogP contribution in [0.5, 0.6) is 0 Å². The SMILES string of the molecule is CSCCCNC(=NCc1nnc(C)n1C)N1CCOC(c2cnn(C)c2)C1. The molecule has 1 saturated heterocycles. The summed E-state index contributed by atoms with van der Waals surface area (Å²) in [6.45, 7) is 5.56. The lowest BCUT2D eigenvalue weighted by Gasteiger charge is -2.35. The van der Waals surface area contributed by atoms with E-state index >= 15 is 0 Å². The number of nitrogens with zero attached hydrogens (tertiary/aromatic N) is 7. The number of hydrogen-bond donors (Lipinski definition) is 1. The Labute approximate surface area is 170 Å². The minimum atomic E-state index is -0.00211. The van der Waals surface area contributed by atoms with E-state index in [1.807, 2.05) is 54.4 Å². The predicted molar refractivity (Wildman–Crippen MR) is 111 cm³/mol. The number of guanidine groups is 1. The highest BCUT2D eigenvalue weighted by atomic mass is 32.2. The van der Waals surface area contributed by atoms with Crippen LogP contribution in [0.1, 0.15) is 29.7 Å². The van der Waals surface area contributed by atoms with Crippen LogP contribution >= 0.6 is 11.8 Å². The highest BCUT2D eigenvalue weighted by molar-refractivity contribution is 7.98. The molecule has 3 heterocycles. The van der Waals surface area contributed by atoms with Gasteiger partial charge in [0.15, 0.2) is 11.8 Å². The van der Waals surface area contributed by atoms with E-state index in [4.69, 9.17) is 9.73 Å². The van der Waals surface area contributed by atoms with Crippen LogP contribution in [0.15, 0.2) is 17.4 Å². The van der Waals surface area contributed by atoms with E-state index in [1.165, 1.54) is 0 Å². The summed E-state index contributed by atoms with van der Waals surface area (Å²) in [5.74, 6) is 3.78. The van der Waals surface area contributed by atoms with Gasteiger partial charge in [0.05, 0.1) is 19.3 Å². The summed E-state index contributed by atoms with van der Waals surface area (Å²) in [6.07, 6.45) is 7.11. The minimum Gasteiger partial charge on any atom is -0.370 e. The number of ether oxygens (including phenoxy) is 1. The molecule has 1 fully saturated rings. The molecule has 0 amide bonds. The number of hydrogen-bond acceptors (Lipinski definition) is 6. The molecule has 0 bridgehead atoms. The topological polar surface area (TPSA) is 85.4 Å². The standard InChI is InChI=1S/C18H30N8OS/c1-14-22-23-17(25(14)3)11-20-18(19-6-5-9-28-4)26-7-8-27-16(13-26)15-10-21-24(2)12-15/h10,12,16H,5-9,11,13H2,1-4H3,(H,19,20). The average Bonchev–Trinajstić information content (AvgIpc) is 3.28. The number of aryl methyl sites for hydroxylation is 2. The first-order chi connectivity index (χ1) is 13.6. The third-order valence-corrected chi connectivity index (χ3v) is 5.52. The largest absolute Gasteiger partial charge is 0.370 e. The van der Waals surface area contributed by atoms with Crippen molar-refractivity contribution in [3.63, 3.8) is 0 Å². The summed E-state index contributed by atoms with van der Waals surface area (Å²) >= 11 is 1.86. The van der Waals surface area contributed by atoms with Gasteiger partial charge in [0, 0.05) is 38.9 Å². The molecule has 1 aliphatic heterocycles. The van der Waals surface area contributed by atoms with Gasteiger partial charge in [-0.3, -0.25) is 4.68 Å². The van der Waals surface area contributed by atoms with Crippen LogP contribution in [0, 0.1) is 6.92 Å². The summed E-state index contributed by atoms with van der Waals surface area (Å²) in [5, 5.41) is 16.2. The van der Waals surface area contributed by atoms with Gasteiger partial charge in [0.25, 0.3) is 0 Å². The number of aliphatic imine (C=N–C) groups is 1. The van der Waals surface area contributed by atoms with Crippen molar-refractivity contribution in [3.05, 3.63) is 29.6 Å². The molecule has 0 aromatic carbocycles. The van der Waals surface area contributed by atoms with E-state index in [0.29, 0.717) is 13.2 Å². The lowest BCUT2D eigenvalue weighted by Crippen LogP contribution is -2.48. The number of thioether (sulfide) groups is 1. The smallest absolute Gasteiger partial charge is 0.194 e. The molecule has 2 aromatic rings. The molecule has 0 saturated carbocycles. The molecule has 28 heavy (non-hydrogen) atoms. The molecule has 1 unspecified atom stereocenters. The molecule has 3 rings (SSSR count). The second-order valence-electron chi connectivity index (χ2n) is 6.89. The Hall–Kier alpha value is -2.07. The van der Waals surface area contributed by atoms with Crippen LogP contribution in [0.3, 0.4) is 0 Å². The van der Waals surface area contributed by atoms with E-state index in [9.17, 15) is 0 Å². The van der Waals surface area contributed by atoms with Crippen molar-refractivity contribution < 1.29 is 4.74 Å². The summed E-state index contributed by atoms with van der Waals surface area (Å²) in [6, 6.07) is 0. The van der Waals surface area contributed by atoms with Crippen molar-refractivity contribution >= 4 is 17.7 Å². The van der Waals surface area contributed by atoms with Crippen molar-refractivity contribution in [2.45, 2.75) is 26.0 Å². The lowest BCUT2D eigenvalue weighted by atomic mass is 10.1. The molecule has 2 aromatic heterocycles. The van der Waals surface area contributed by atoms with E-state index in [2.05, 4.69) is 31.8 Å². The van der Waals surface area contributed by atoms with Gasteiger partial charge in [-0.2, -0.15) is 16.9 Å². The van der Waals surface area contributed by atoms with Crippen molar-refractivity contribution in [2.24, 2.45) is 19.1 Å². The van der Waals surface area contributed by atoms with Crippen LogP contribution in [-0.4, -0.2) is 73.7 Å². The van der Waals surface area contributed by atoms with Crippen LogP contribution in [0.2, 0.25) is 0 Å². The van der Waals surface area contributed by atoms with Crippen LogP contribution < -0.4 is 5.32 Å². The first-order valence-electron chi connectivity index (χ1n) is 9.55. The molecular weight excluding hydrogens is 376 g/mol. The van der Waals surface area contributed by atoms with Gasteiger partial charge in [0.1, 0.15) is 18.5 Å². The van der Waals surface area contributed by atoms with Crippen molar-refractivity contribution in [1.29, 1.82) is 0 Å². The zero-order valence-electron chi connectivity index (χ0n) is 17.1. The highest BCUT2D eigenvalue weighted by Crippen LogP contribution is 2.21. The van der Waals surface area contributed by atoms with Crippen LogP contribution in [-0.2, 0) is 25.4 Å². The van der Waals surface area contributed by atoms with Crippen molar-refractivity contribution in [2.75, 3.05) is 38.2 Å². The average molecular weight is 407 g/mol. The maximum Gasteiger partial charge on any atom is 0.194 e. The third-order valence-electron chi connectivity index (χ3n) is 4.82. The summed E-state index contributed by atoms with van der Waals surface area (Å²) < 4.78 is 9.77. The number of nitrogens with one attached hydrogen (secondary N) is 1. The molecule has 0 spiro atoms. The normalized spacial score (nSPS) is 17.9. The van der Waals surface area contributed by atoms with Crippen molar-refractivity contribution in [3.8, 4) is 0 Å². The minimum absolute atomic E-state index is 0.00211. The molecule has 9 nitrogen and oxygen atoms in total. The molecule has 10 heteroatoms. The van der Waals surface area contributed by atoms with Gasteiger partial charge < -0.3 is 19.5 Å². The first kappa shape index (κ1) is 20.7. The third kappa shape index (κ3) is 5.26. The molecule has 154 valence electrons. The van der Waals surface area contributed by atoms with Crippen LogP contribution in [0.4, 0.5) is 0 Å². The first-order valence-corrected chi connectivity index (χ1v) is 10.9. The molecule has 0 radical (unpaired) electrons. The van der Waals surface area contributed by atoms with E-state index in [-0.39, 0.29) is 6.10 Å². The van der Waals surface area contributed by atoms with Crippen molar-refractivity contribution in [1.82, 2.24) is 34.8 Å². The Balaban J connectivity index is 1.71. The lowest BCUT2D eigenvalue weighted by molar-refractivity contribution is -0.00808. The van der Waals surface area contributed by atoms with E-state index < -0.39 is 0 Å². The number of rotatable bonds is 7. The predicted octanol–water partition coefficient (Wildman–Crippen LogP) is 1.13. The maximum absolute atomic E-state index is 5.98. The quantitative estimate of drug-likeness (QED) is 0.419. The fourth-order valence-electron chi connectivity index (χ4n) is 3.07. The Kier molecular flexibility index (Phi) is 7.32. The fourth-order valence-corrected chi connectivity index (χ4v) is 3.50. The van der Waals surface area contributed by atoms with Gasteiger partial charge >= 0.3 is 0 Å². The molecule has 1 N–H and O–H groups in total. The monoisotopic (exact) mass is 406 g/mol. The molecule has 0 aliphatic carbocycles. The zero-order chi connectivity index (χ0) is 19.9. The van der Waals surface area contributed by atoms with E-state index in [1.54, 1.807) is 0 Å². The molecule has 1 atom stereocenters. The Morgan fingerprint density at radius 1 is 1.39 bits per heavy atom. The second kappa shape index (κ2) is 9.92. The van der Waals surface area contributed by atoms with Crippen LogP contribution in [0.25, 0.3) is 0 Å². The van der Waals surface area contributed by atoms with E-state index in [0.717, 1.165) is 55.0 Å². The Bertz CT molecular complexity index is 786. The number of aromatic nitrogens is 5. The van der Waals surface area contributed by atoms with Gasteiger partial charge in [-0.1, -0.05) is 0 Å². The summed E-state index contributed by atoms with van der Waals surface area (Å²) in [4.78, 5) is 7.12. The second-order valence-corrected chi connectivity index (χ2v) is 7.87. The zero-order valence-corrected chi connectivity index (χ0v) is 17.9. The summed E-state index contributed by atoms with van der Waals surface area (Å²) in [7, 11) is 3.89. The van der Waals surface area contributed by atoms with Gasteiger partial charge in [0.2, 0.25) is 0 Å².